The van der Waals surface area contributed by atoms with Crippen molar-refractivity contribution in [3.8, 4) is 5.75 Å². The van der Waals surface area contributed by atoms with E-state index in [0.717, 1.165) is 29.5 Å². The lowest BCUT2D eigenvalue weighted by molar-refractivity contribution is -0.134. The molecule has 1 N–H and O–H groups in total. The van der Waals surface area contributed by atoms with Gasteiger partial charge in [0, 0.05) is 43.2 Å². The molecule has 7 heteroatoms. The van der Waals surface area contributed by atoms with Gasteiger partial charge < -0.3 is 19.9 Å². The number of halogens is 1. The first-order valence-electron chi connectivity index (χ1n) is 11.2. The second kappa shape index (κ2) is 10.1. The van der Waals surface area contributed by atoms with Crippen molar-refractivity contribution in [3.63, 3.8) is 0 Å². The van der Waals surface area contributed by atoms with Gasteiger partial charge in [0.05, 0.1) is 10.7 Å². The number of amides is 2. The van der Waals surface area contributed by atoms with Crippen molar-refractivity contribution in [2.75, 3.05) is 43.0 Å². The highest BCUT2D eigenvalue weighted by Crippen LogP contribution is 2.30. The predicted octanol–water partition coefficient (Wildman–Crippen LogP) is 4.82. The van der Waals surface area contributed by atoms with Crippen LogP contribution in [0.15, 0.2) is 60.7 Å². The molecular weight excluding hydrogens is 438 g/mol. The Hall–Kier alpha value is -3.25. The van der Waals surface area contributed by atoms with Gasteiger partial charge >= 0.3 is 0 Å². The van der Waals surface area contributed by atoms with Crippen molar-refractivity contribution in [2.45, 2.75) is 13.8 Å². The number of ether oxygens (including phenoxy) is 1. The van der Waals surface area contributed by atoms with E-state index < -0.39 is 0 Å². The molecule has 172 valence electrons. The topological polar surface area (TPSA) is 61.9 Å². The number of carbonyl (C=O) groups is 2. The second-order valence-corrected chi connectivity index (χ2v) is 8.85. The summed E-state index contributed by atoms with van der Waals surface area (Å²) in [6.45, 7) is 6.55. The Morgan fingerprint density at radius 2 is 1.73 bits per heavy atom. The maximum absolute atomic E-state index is 12.4. The third kappa shape index (κ3) is 5.40. The average Bonchev–Trinajstić information content (AvgIpc) is 2.82. The van der Waals surface area contributed by atoms with Crippen LogP contribution in [0, 0.1) is 5.92 Å². The number of hydrogen-bond donors (Lipinski definition) is 1. The Bertz CT molecular complexity index is 1150. The van der Waals surface area contributed by atoms with E-state index in [0.29, 0.717) is 29.5 Å². The molecule has 0 atom stereocenters. The first-order valence-corrected chi connectivity index (χ1v) is 11.5. The molecule has 1 aliphatic heterocycles. The molecule has 0 aliphatic carbocycles. The summed E-state index contributed by atoms with van der Waals surface area (Å²) in [5, 5.41) is 5.44. The smallest absolute Gasteiger partial charge is 0.262 e. The third-order valence-electron chi connectivity index (χ3n) is 5.77. The number of nitrogens with zero attached hydrogens (tertiary/aromatic N) is 2. The summed E-state index contributed by atoms with van der Waals surface area (Å²) in [7, 11) is 0. The summed E-state index contributed by atoms with van der Waals surface area (Å²) in [5.41, 5.74) is 1.52. The van der Waals surface area contributed by atoms with E-state index >= 15 is 0 Å². The highest BCUT2D eigenvalue weighted by atomic mass is 35.5. The molecule has 2 amide bonds. The van der Waals surface area contributed by atoms with Crippen LogP contribution in [-0.2, 0) is 9.59 Å². The van der Waals surface area contributed by atoms with Crippen molar-refractivity contribution in [3.05, 3.63) is 65.7 Å². The summed E-state index contributed by atoms with van der Waals surface area (Å²) >= 11 is 6.53. The molecular formula is C26H28ClN3O3. The van der Waals surface area contributed by atoms with Crippen molar-refractivity contribution in [1.29, 1.82) is 0 Å². The molecule has 3 aromatic rings. The molecule has 6 nitrogen and oxygen atoms in total. The summed E-state index contributed by atoms with van der Waals surface area (Å²) in [5.74, 6) is 0.608. The van der Waals surface area contributed by atoms with Crippen LogP contribution in [-0.4, -0.2) is 49.5 Å². The molecule has 0 radical (unpaired) electrons. The van der Waals surface area contributed by atoms with Gasteiger partial charge in [-0.05, 0) is 29.7 Å². The predicted molar refractivity (Wildman–Crippen MR) is 133 cm³/mol. The lowest BCUT2D eigenvalue weighted by atomic mass is 10.1. The summed E-state index contributed by atoms with van der Waals surface area (Å²) < 4.78 is 5.76. The number of carbonyl (C=O) groups excluding carboxylic acids is 2. The average molecular weight is 466 g/mol. The fourth-order valence-corrected chi connectivity index (χ4v) is 4.34. The van der Waals surface area contributed by atoms with Crippen LogP contribution < -0.4 is 15.0 Å². The molecule has 0 spiro atoms. The first kappa shape index (κ1) is 22.9. The van der Waals surface area contributed by atoms with Crippen molar-refractivity contribution >= 4 is 45.6 Å². The van der Waals surface area contributed by atoms with Crippen LogP contribution in [0.5, 0.6) is 5.75 Å². The lowest BCUT2D eigenvalue weighted by Gasteiger charge is -2.37. The van der Waals surface area contributed by atoms with Gasteiger partial charge in [0.15, 0.2) is 6.61 Å². The van der Waals surface area contributed by atoms with E-state index in [1.807, 2.05) is 73.3 Å². The van der Waals surface area contributed by atoms with E-state index in [9.17, 15) is 9.59 Å². The van der Waals surface area contributed by atoms with Gasteiger partial charge in [-0.2, -0.15) is 0 Å². The first-order chi connectivity index (χ1) is 15.9. The van der Waals surface area contributed by atoms with Crippen LogP contribution in [0.1, 0.15) is 13.8 Å². The van der Waals surface area contributed by atoms with Gasteiger partial charge in [-0.1, -0.05) is 61.8 Å². The Balaban J connectivity index is 1.33. The summed E-state index contributed by atoms with van der Waals surface area (Å²) in [6.07, 6.45) is 0. The summed E-state index contributed by atoms with van der Waals surface area (Å²) in [6, 6.07) is 19.2. The zero-order chi connectivity index (χ0) is 23.4. The van der Waals surface area contributed by atoms with E-state index in [1.165, 1.54) is 0 Å². The van der Waals surface area contributed by atoms with Crippen molar-refractivity contribution < 1.29 is 14.3 Å². The second-order valence-electron chi connectivity index (χ2n) is 8.45. The largest absolute Gasteiger partial charge is 0.483 e. The molecule has 33 heavy (non-hydrogen) atoms. The number of hydrogen-bond acceptors (Lipinski definition) is 4. The molecule has 0 saturated carbocycles. The number of fused-ring (bicyclic) bond motifs is 1. The Labute approximate surface area is 199 Å². The van der Waals surface area contributed by atoms with Gasteiger partial charge in [0.25, 0.3) is 5.91 Å². The Morgan fingerprint density at radius 1 is 1.00 bits per heavy atom. The van der Waals surface area contributed by atoms with E-state index in [1.54, 1.807) is 6.07 Å². The highest BCUT2D eigenvalue weighted by molar-refractivity contribution is 6.33. The van der Waals surface area contributed by atoms with E-state index in [4.69, 9.17) is 16.3 Å². The van der Waals surface area contributed by atoms with Gasteiger partial charge in [0.1, 0.15) is 5.75 Å². The molecule has 0 unspecified atom stereocenters. The highest BCUT2D eigenvalue weighted by Gasteiger charge is 2.24. The minimum Gasteiger partial charge on any atom is -0.483 e. The minimum atomic E-state index is -0.257. The Morgan fingerprint density at radius 3 is 2.45 bits per heavy atom. The molecule has 1 fully saturated rings. The van der Waals surface area contributed by atoms with Crippen LogP contribution in [0.4, 0.5) is 11.4 Å². The van der Waals surface area contributed by atoms with Crippen LogP contribution in [0.3, 0.4) is 0 Å². The lowest BCUT2D eigenvalue weighted by Crippen LogP contribution is -2.50. The fraction of sp³-hybridized carbons (Fsp3) is 0.308. The van der Waals surface area contributed by atoms with Gasteiger partial charge in [-0.25, -0.2) is 0 Å². The van der Waals surface area contributed by atoms with E-state index in [2.05, 4.69) is 10.2 Å². The van der Waals surface area contributed by atoms with Gasteiger partial charge in [0.2, 0.25) is 5.91 Å². The normalized spacial score (nSPS) is 13.9. The molecule has 0 bridgehead atoms. The fourth-order valence-electron chi connectivity index (χ4n) is 4.04. The Kier molecular flexibility index (Phi) is 7.04. The standard InChI is InChI=1S/C26H28ClN3O3/c1-18(2)26(32)30-14-12-29(13-15-30)23-11-10-20(16-22(23)27)28-25(31)17-33-24-9-5-7-19-6-3-4-8-21(19)24/h3-11,16,18H,12-15,17H2,1-2H3,(H,28,31). The molecule has 0 aromatic heterocycles. The van der Waals surface area contributed by atoms with Crippen molar-refractivity contribution in [1.82, 2.24) is 4.90 Å². The quantitative estimate of drug-likeness (QED) is 0.567. The SMILES string of the molecule is CC(C)C(=O)N1CCN(c2ccc(NC(=O)COc3cccc4ccccc34)cc2Cl)CC1. The number of anilines is 2. The third-order valence-corrected chi connectivity index (χ3v) is 6.07. The molecule has 4 rings (SSSR count). The maximum atomic E-state index is 12.4. The zero-order valence-corrected chi connectivity index (χ0v) is 19.6. The van der Waals surface area contributed by atoms with E-state index in [-0.39, 0.29) is 24.3 Å². The van der Waals surface area contributed by atoms with Crippen molar-refractivity contribution in [2.24, 2.45) is 5.92 Å². The van der Waals surface area contributed by atoms with Gasteiger partial charge in [-0.3, -0.25) is 9.59 Å². The van der Waals surface area contributed by atoms with Crippen LogP contribution in [0.25, 0.3) is 10.8 Å². The minimum absolute atomic E-state index is 0.00706. The number of nitrogens with one attached hydrogen (secondary N) is 1. The number of piperazine rings is 1. The molecule has 1 heterocycles. The summed E-state index contributed by atoms with van der Waals surface area (Å²) in [4.78, 5) is 28.7. The van der Waals surface area contributed by atoms with Gasteiger partial charge in [-0.15, -0.1) is 0 Å². The zero-order valence-electron chi connectivity index (χ0n) is 18.9. The molecule has 3 aromatic carbocycles. The number of benzene rings is 3. The number of rotatable bonds is 6. The van der Waals surface area contributed by atoms with Crippen LogP contribution in [0.2, 0.25) is 5.02 Å². The molecule has 1 aliphatic rings. The van der Waals surface area contributed by atoms with Crippen LogP contribution >= 0.6 is 11.6 Å². The monoisotopic (exact) mass is 465 g/mol. The maximum Gasteiger partial charge on any atom is 0.262 e. The molecule has 1 saturated heterocycles.